The van der Waals surface area contributed by atoms with E-state index in [0.717, 1.165) is 67.2 Å². The van der Waals surface area contributed by atoms with Gasteiger partial charge in [-0.25, -0.2) is 24.9 Å². The highest BCUT2D eigenvalue weighted by Crippen LogP contribution is 2.40. The largest absolute Gasteiger partial charge is 0.282 e. The van der Waals surface area contributed by atoms with Crippen LogP contribution in [0.15, 0.2) is 181 Å². The van der Waals surface area contributed by atoms with E-state index in [1.54, 1.807) is 0 Å². The van der Waals surface area contributed by atoms with Crippen LogP contribution in [0.5, 0.6) is 0 Å². The van der Waals surface area contributed by atoms with E-state index in [2.05, 4.69) is 85.0 Å². The van der Waals surface area contributed by atoms with Crippen molar-refractivity contribution in [1.29, 1.82) is 0 Å². The molecule has 0 amide bonds. The fourth-order valence-corrected chi connectivity index (χ4v) is 7.36. The minimum atomic E-state index is -0.0587. The standard InChI is InChI=1S/C49H33N7/c1-4-13-32(14-5-1)42-31-43(53-49(52-42)41-26-28-51-45-40(41)25-24-33-23-12-27-50-44(33)45)38-21-10-19-36(29-38)37-20-11-22-39(30-37)48-55-46(34-15-6-2-7-16-34)54-47(56-48)35-17-8-3-9-18-35/h1-31,33,44H. The Hall–Kier alpha value is -7.51. The molecule has 2 atom stereocenters. The van der Waals surface area contributed by atoms with Gasteiger partial charge in [0.1, 0.15) is 6.04 Å². The number of dihydropyridines is 1. The molecule has 10 rings (SSSR count). The number of pyridine rings is 1. The minimum absolute atomic E-state index is 0.0587. The van der Waals surface area contributed by atoms with Crippen molar-refractivity contribution in [3.63, 3.8) is 0 Å². The van der Waals surface area contributed by atoms with E-state index >= 15 is 0 Å². The molecule has 7 heteroatoms. The second-order valence-electron chi connectivity index (χ2n) is 13.7. The van der Waals surface area contributed by atoms with Crippen molar-refractivity contribution >= 4 is 12.3 Å². The first-order chi connectivity index (χ1) is 27.7. The SMILES string of the molecule is C1=CC2C=Cc3c(-c4nc(-c5ccccc5)cc(-c5cccc(-c6cccc(-c7nc(-c8ccccc8)nc(-c8ccccc8)n7)c6)c5)n4)ccnc3C2N=C1. The van der Waals surface area contributed by atoms with Gasteiger partial charge in [0.15, 0.2) is 23.3 Å². The Morgan fingerprint density at radius 2 is 0.946 bits per heavy atom. The van der Waals surface area contributed by atoms with Crippen LogP contribution in [0.1, 0.15) is 17.3 Å². The lowest BCUT2D eigenvalue weighted by molar-refractivity contribution is 0.594. The van der Waals surface area contributed by atoms with Gasteiger partial charge in [-0.3, -0.25) is 9.98 Å². The van der Waals surface area contributed by atoms with Crippen LogP contribution in [0, 0.1) is 5.92 Å². The molecule has 56 heavy (non-hydrogen) atoms. The van der Waals surface area contributed by atoms with E-state index in [-0.39, 0.29) is 12.0 Å². The topological polar surface area (TPSA) is 89.7 Å². The molecular formula is C49H33N7. The van der Waals surface area contributed by atoms with Crippen LogP contribution in [-0.4, -0.2) is 36.1 Å². The maximum absolute atomic E-state index is 5.24. The minimum Gasteiger partial charge on any atom is -0.282 e. The van der Waals surface area contributed by atoms with Gasteiger partial charge in [0.2, 0.25) is 0 Å². The molecule has 0 fully saturated rings. The van der Waals surface area contributed by atoms with Crippen molar-refractivity contribution in [3.05, 3.63) is 187 Å². The number of aliphatic imine (C=N–C) groups is 1. The maximum atomic E-state index is 5.24. The molecule has 0 spiro atoms. The van der Waals surface area contributed by atoms with Gasteiger partial charge >= 0.3 is 0 Å². The van der Waals surface area contributed by atoms with Crippen LogP contribution >= 0.6 is 0 Å². The lowest BCUT2D eigenvalue weighted by Crippen LogP contribution is -2.16. The van der Waals surface area contributed by atoms with Gasteiger partial charge in [0.05, 0.1) is 17.1 Å². The van der Waals surface area contributed by atoms with Gasteiger partial charge in [-0.2, -0.15) is 0 Å². The molecule has 2 unspecified atom stereocenters. The third-order valence-electron chi connectivity index (χ3n) is 10.2. The summed E-state index contributed by atoms with van der Waals surface area (Å²) in [5.74, 6) is 2.70. The Balaban J connectivity index is 1.06. The van der Waals surface area contributed by atoms with Crippen LogP contribution in [0.4, 0.5) is 0 Å². The van der Waals surface area contributed by atoms with Crippen molar-refractivity contribution in [1.82, 2.24) is 29.9 Å². The van der Waals surface area contributed by atoms with Gasteiger partial charge < -0.3 is 0 Å². The Labute approximate surface area is 324 Å². The fourth-order valence-electron chi connectivity index (χ4n) is 7.36. The summed E-state index contributed by atoms with van der Waals surface area (Å²) in [6.07, 6.45) is 12.2. The zero-order valence-electron chi connectivity index (χ0n) is 30.2. The molecule has 0 N–H and O–H groups in total. The molecule has 0 saturated carbocycles. The third-order valence-corrected chi connectivity index (χ3v) is 10.2. The van der Waals surface area contributed by atoms with Gasteiger partial charge in [-0.1, -0.05) is 146 Å². The molecule has 264 valence electrons. The van der Waals surface area contributed by atoms with Crippen LogP contribution in [0.3, 0.4) is 0 Å². The average molecular weight is 720 g/mol. The summed E-state index contributed by atoms with van der Waals surface area (Å²) >= 11 is 0. The zero-order valence-corrected chi connectivity index (χ0v) is 30.2. The summed E-state index contributed by atoms with van der Waals surface area (Å²) in [6.45, 7) is 0. The first-order valence-corrected chi connectivity index (χ1v) is 18.6. The van der Waals surface area contributed by atoms with E-state index in [1.165, 1.54) is 0 Å². The first-order valence-electron chi connectivity index (χ1n) is 18.6. The van der Waals surface area contributed by atoms with Crippen molar-refractivity contribution in [2.75, 3.05) is 0 Å². The number of rotatable bonds is 7. The van der Waals surface area contributed by atoms with Crippen molar-refractivity contribution in [3.8, 4) is 79.2 Å². The van der Waals surface area contributed by atoms with Crippen LogP contribution in [-0.2, 0) is 0 Å². The molecule has 0 saturated heterocycles. The van der Waals surface area contributed by atoms with Crippen LogP contribution in [0.2, 0.25) is 0 Å². The molecule has 3 aromatic heterocycles. The van der Waals surface area contributed by atoms with Crippen molar-refractivity contribution in [2.45, 2.75) is 6.04 Å². The predicted octanol–water partition coefficient (Wildman–Crippen LogP) is 11.1. The Morgan fingerprint density at radius 3 is 1.61 bits per heavy atom. The van der Waals surface area contributed by atoms with Gasteiger partial charge in [0.25, 0.3) is 0 Å². The Morgan fingerprint density at radius 1 is 0.411 bits per heavy atom. The monoisotopic (exact) mass is 719 g/mol. The Kier molecular flexibility index (Phi) is 8.50. The third kappa shape index (κ3) is 6.41. The maximum Gasteiger partial charge on any atom is 0.164 e. The van der Waals surface area contributed by atoms with Crippen molar-refractivity contribution in [2.24, 2.45) is 10.9 Å². The number of hydrogen-bond acceptors (Lipinski definition) is 7. The summed E-state index contributed by atoms with van der Waals surface area (Å²) in [4.78, 5) is 34.8. The summed E-state index contributed by atoms with van der Waals surface area (Å²) < 4.78 is 0. The highest BCUT2D eigenvalue weighted by atomic mass is 15.0. The molecule has 4 heterocycles. The smallest absolute Gasteiger partial charge is 0.164 e. The van der Waals surface area contributed by atoms with E-state index in [9.17, 15) is 0 Å². The van der Waals surface area contributed by atoms with E-state index < -0.39 is 0 Å². The van der Waals surface area contributed by atoms with Crippen LogP contribution < -0.4 is 0 Å². The van der Waals surface area contributed by atoms with Gasteiger partial charge in [-0.15, -0.1) is 0 Å². The lowest BCUT2D eigenvalue weighted by atomic mass is 9.85. The first kappa shape index (κ1) is 33.1. The molecule has 0 radical (unpaired) electrons. The fraction of sp³-hybridized carbons (Fsp3) is 0.0408. The molecule has 8 aromatic rings. The van der Waals surface area contributed by atoms with E-state index in [0.29, 0.717) is 23.3 Å². The highest BCUT2D eigenvalue weighted by molar-refractivity contribution is 5.81. The molecule has 7 nitrogen and oxygen atoms in total. The number of benzene rings is 5. The molecule has 2 aliphatic rings. The van der Waals surface area contributed by atoms with E-state index in [1.807, 2.05) is 103 Å². The normalized spacial score (nSPS) is 15.3. The summed E-state index contributed by atoms with van der Waals surface area (Å²) in [7, 11) is 0. The van der Waals surface area contributed by atoms with E-state index in [4.69, 9.17) is 34.9 Å². The summed E-state index contributed by atoms with van der Waals surface area (Å²) in [5, 5.41) is 0. The number of fused-ring (bicyclic) bond motifs is 3. The number of allylic oxidation sites excluding steroid dienone is 1. The van der Waals surface area contributed by atoms with Crippen LogP contribution in [0.25, 0.3) is 85.3 Å². The summed E-state index contributed by atoms with van der Waals surface area (Å²) in [6, 6.07) is 51.2. The van der Waals surface area contributed by atoms with Crippen molar-refractivity contribution < 1.29 is 0 Å². The number of aromatic nitrogens is 6. The lowest BCUT2D eigenvalue weighted by Gasteiger charge is -2.26. The molecule has 5 aromatic carbocycles. The molecule has 1 aliphatic heterocycles. The number of hydrogen-bond donors (Lipinski definition) is 0. The Bertz CT molecular complexity index is 2760. The molecule has 0 bridgehead atoms. The average Bonchev–Trinajstić information content (AvgIpc) is 3.29. The molecule has 1 aliphatic carbocycles. The van der Waals surface area contributed by atoms with Gasteiger partial charge in [-0.05, 0) is 41.5 Å². The number of nitrogens with zero attached hydrogens (tertiary/aromatic N) is 7. The zero-order chi connectivity index (χ0) is 37.3. The summed E-state index contributed by atoms with van der Waals surface area (Å²) in [5.41, 5.74) is 11.4. The highest BCUT2D eigenvalue weighted by Gasteiger charge is 2.29. The molecular weight excluding hydrogens is 687 g/mol. The van der Waals surface area contributed by atoms with Gasteiger partial charge in [0, 0.05) is 57.3 Å². The second kappa shape index (κ2) is 14.4. The quantitative estimate of drug-likeness (QED) is 0.163. The second-order valence-corrected chi connectivity index (χ2v) is 13.7. The predicted molar refractivity (Wildman–Crippen MR) is 224 cm³/mol.